The largest absolute Gasteiger partial charge is 0.490 e. The fourth-order valence-corrected chi connectivity index (χ4v) is 4.13. The molecule has 0 spiro atoms. The highest BCUT2D eigenvalue weighted by molar-refractivity contribution is 6.31. The summed E-state index contributed by atoms with van der Waals surface area (Å²) in [5.74, 6) is 0.760. The van der Waals surface area contributed by atoms with Gasteiger partial charge in [-0.2, -0.15) is 0 Å². The van der Waals surface area contributed by atoms with Crippen LogP contribution in [0.25, 0.3) is 33.4 Å². The van der Waals surface area contributed by atoms with Crippen LogP contribution in [0.2, 0.25) is 5.02 Å². The lowest BCUT2D eigenvalue weighted by Crippen LogP contribution is -2.28. The summed E-state index contributed by atoms with van der Waals surface area (Å²) in [4.78, 5) is 12.5. The number of nitrogens with zero attached hydrogens (tertiary/aromatic N) is 2. The average molecular weight is 405 g/mol. The first-order chi connectivity index (χ1) is 14.3. The first-order valence-corrected chi connectivity index (χ1v) is 10.2. The van der Waals surface area contributed by atoms with Crippen LogP contribution in [0, 0.1) is 0 Å². The van der Waals surface area contributed by atoms with E-state index in [9.17, 15) is 0 Å². The van der Waals surface area contributed by atoms with Crippen molar-refractivity contribution in [2.24, 2.45) is 0 Å². The Labute approximate surface area is 174 Å². The number of ether oxygens (including phenoxy) is 1. The molecular formula is C23H21ClN4O. The number of aromatic amines is 1. The molecule has 4 heterocycles. The van der Waals surface area contributed by atoms with Crippen molar-refractivity contribution in [3.8, 4) is 28.1 Å². The van der Waals surface area contributed by atoms with E-state index in [4.69, 9.17) is 16.3 Å². The number of H-pyrrole nitrogens is 1. The summed E-state index contributed by atoms with van der Waals surface area (Å²) in [6, 6.07) is 14.2. The number of nitrogens with one attached hydrogen (secondary N) is 2. The number of benzene rings is 1. The van der Waals surface area contributed by atoms with Gasteiger partial charge in [-0.05, 0) is 55.3 Å². The number of pyridine rings is 2. The topological polar surface area (TPSA) is 62.8 Å². The van der Waals surface area contributed by atoms with E-state index in [-0.39, 0.29) is 0 Å². The molecule has 146 valence electrons. The Balaban J connectivity index is 1.63. The van der Waals surface area contributed by atoms with Gasteiger partial charge in [-0.3, -0.25) is 9.97 Å². The molecule has 2 N–H and O–H groups in total. The molecule has 0 bridgehead atoms. The fraction of sp³-hybridized carbons (Fsp3) is 0.217. The monoisotopic (exact) mass is 404 g/mol. The number of rotatable bonds is 5. The second-order valence-corrected chi connectivity index (χ2v) is 7.70. The van der Waals surface area contributed by atoms with Gasteiger partial charge in [0, 0.05) is 34.6 Å². The zero-order chi connectivity index (χ0) is 19.6. The Morgan fingerprint density at radius 2 is 2.10 bits per heavy atom. The van der Waals surface area contributed by atoms with Crippen molar-refractivity contribution in [2.45, 2.75) is 18.9 Å². The van der Waals surface area contributed by atoms with E-state index in [2.05, 4.69) is 26.3 Å². The molecule has 6 heteroatoms. The number of aromatic nitrogens is 3. The van der Waals surface area contributed by atoms with Crippen LogP contribution in [0.4, 0.5) is 0 Å². The Morgan fingerprint density at radius 1 is 1.14 bits per heavy atom. The van der Waals surface area contributed by atoms with Crippen molar-refractivity contribution in [1.29, 1.82) is 0 Å². The van der Waals surface area contributed by atoms with Crippen LogP contribution < -0.4 is 10.1 Å². The SMILES string of the molecule is Clc1cccc(-c2c(-c3ccncc3OC[C@@H]3CCCN3)[nH]c3cccnc23)c1. The van der Waals surface area contributed by atoms with Crippen molar-refractivity contribution in [3.05, 3.63) is 66.1 Å². The Hall–Kier alpha value is -2.89. The van der Waals surface area contributed by atoms with E-state index in [1.165, 1.54) is 6.42 Å². The normalized spacial score (nSPS) is 16.4. The molecule has 0 unspecified atom stereocenters. The van der Waals surface area contributed by atoms with E-state index < -0.39 is 0 Å². The standard InChI is InChI=1S/C23H21ClN4O/c24-16-5-1-4-15(12-16)21-22(28-19-7-3-10-27-23(19)21)18-8-11-25-13-20(18)29-14-17-6-2-9-26-17/h1,3-5,7-8,10-13,17,26,28H,2,6,9,14H2/t17-/m0/s1. The summed E-state index contributed by atoms with van der Waals surface area (Å²) >= 11 is 6.29. The summed E-state index contributed by atoms with van der Waals surface area (Å²) in [5, 5.41) is 4.17. The van der Waals surface area contributed by atoms with E-state index in [1.54, 1.807) is 12.4 Å². The lowest BCUT2D eigenvalue weighted by Gasteiger charge is -2.15. The second kappa shape index (κ2) is 7.85. The molecule has 0 aliphatic carbocycles. The molecule has 1 saturated heterocycles. The Morgan fingerprint density at radius 3 is 2.97 bits per heavy atom. The fourth-order valence-electron chi connectivity index (χ4n) is 3.94. The summed E-state index contributed by atoms with van der Waals surface area (Å²) in [6.45, 7) is 1.68. The maximum Gasteiger partial charge on any atom is 0.146 e. The predicted octanol–water partition coefficient (Wildman–Crippen LogP) is 5.08. The van der Waals surface area contributed by atoms with Crippen LogP contribution >= 0.6 is 11.6 Å². The molecule has 0 amide bonds. The van der Waals surface area contributed by atoms with Gasteiger partial charge in [-0.15, -0.1) is 0 Å². The summed E-state index contributed by atoms with van der Waals surface area (Å²) in [5.41, 5.74) is 5.82. The van der Waals surface area contributed by atoms with Crippen molar-refractivity contribution in [2.75, 3.05) is 13.2 Å². The van der Waals surface area contributed by atoms with E-state index in [0.29, 0.717) is 17.7 Å². The number of hydrogen-bond donors (Lipinski definition) is 2. The quantitative estimate of drug-likeness (QED) is 0.487. The molecule has 5 nitrogen and oxygen atoms in total. The van der Waals surface area contributed by atoms with Crippen LogP contribution in [0.15, 0.2) is 61.1 Å². The maximum atomic E-state index is 6.29. The minimum absolute atomic E-state index is 0.389. The molecule has 5 rings (SSSR count). The van der Waals surface area contributed by atoms with Crippen molar-refractivity contribution in [1.82, 2.24) is 20.3 Å². The Kier molecular flexibility index (Phi) is 4.92. The third-order valence-electron chi connectivity index (χ3n) is 5.32. The molecule has 1 fully saturated rings. The van der Waals surface area contributed by atoms with Crippen molar-refractivity contribution in [3.63, 3.8) is 0 Å². The van der Waals surface area contributed by atoms with E-state index in [0.717, 1.165) is 52.1 Å². The van der Waals surface area contributed by atoms with E-state index >= 15 is 0 Å². The molecule has 4 aromatic rings. The number of hydrogen-bond acceptors (Lipinski definition) is 4. The summed E-state index contributed by atoms with van der Waals surface area (Å²) in [7, 11) is 0. The van der Waals surface area contributed by atoms with Gasteiger partial charge in [-0.1, -0.05) is 23.7 Å². The van der Waals surface area contributed by atoms with Crippen molar-refractivity contribution < 1.29 is 4.74 Å². The Bertz CT molecular complexity index is 1150. The van der Waals surface area contributed by atoms with Crippen LogP contribution in [0.1, 0.15) is 12.8 Å². The molecule has 1 aliphatic rings. The van der Waals surface area contributed by atoms with Gasteiger partial charge in [0.2, 0.25) is 0 Å². The molecule has 1 atom stereocenters. The predicted molar refractivity (Wildman–Crippen MR) is 116 cm³/mol. The molecule has 0 radical (unpaired) electrons. The smallest absolute Gasteiger partial charge is 0.146 e. The van der Waals surface area contributed by atoms with Crippen molar-refractivity contribution >= 4 is 22.6 Å². The lowest BCUT2D eigenvalue weighted by atomic mass is 10.0. The molecule has 1 aromatic carbocycles. The average Bonchev–Trinajstić information content (AvgIpc) is 3.40. The van der Waals surface area contributed by atoms with Gasteiger partial charge in [0.05, 0.1) is 22.9 Å². The van der Waals surface area contributed by atoms with Crippen LogP contribution in [0.3, 0.4) is 0 Å². The van der Waals surface area contributed by atoms with E-state index in [1.807, 2.05) is 42.6 Å². The highest BCUT2D eigenvalue weighted by atomic mass is 35.5. The second-order valence-electron chi connectivity index (χ2n) is 7.26. The molecule has 29 heavy (non-hydrogen) atoms. The van der Waals surface area contributed by atoms with Gasteiger partial charge >= 0.3 is 0 Å². The van der Waals surface area contributed by atoms with Gasteiger partial charge in [0.1, 0.15) is 12.4 Å². The van der Waals surface area contributed by atoms with Crippen LogP contribution in [0.5, 0.6) is 5.75 Å². The minimum atomic E-state index is 0.389. The lowest BCUT2D eigenvalue weighted by molar-refractivity contribution is 0.277. The first kappa shape index (κ1) is 18.2. The highest BCUT2D eigenvalue weighted by Gasteiger charge is 2.20. The zero-order valence-corrected chi connectivity index (χ0v) is 16.6. The minimum Gasteiger partial charge on any atom is -0.490 e. The molecular weight excluding hydrogens is 384 g/mol. The van der Waals surface area contributed by atoms with Gasteiger partial charge < -0.3 is 15.0 Å². The van der Waals surface area contributed by atoms with Gasteiger partial charge in [0.15, 0.2) is 0 Å². The van der Waals surface area contributed by atoms with Crippen LogP contribution in [-0.4, -0.2) is 34.1 Å². The number of halogens is 1. The molecule has 1 aliphatic heterocycles. The van der Waals surface area contributed by atoms with Gasteiger partial charge in [0.25, 0.3) is 0 Å². The first-order valence-electron chi connectivity index (χ1n) is 9.83. The van der Waals surface area contributed by atoms with Gasteiger partial charge in [-0.25, -0.2) is 0 Å². The third kappa shape index (κ3) is 3.59. The maximum absolute atomic E-state index is 6.29. The zero-order valence-electron chi connectivity index (χ0n) is 15.9. The molecule has 3 aromatic heterocycles. The summed E-state index contributed by atoms with van der Waals surface area (Å²) in [6.07, 6.45) is 7.71. The summed E-state index contributed by atoms with van der Waals surface area (Å²) < 4.78 is 6.19. The number of fused-ring (bicyclic) bond motifs is 1. The third-order valence-corrected chi connectivity index (χ3v) is 5.56. The van der Waals surface area contributed by atoms with Crippen LogP contribution in [-0.2, 0) is 0 Å². The highest BCUT2D eigenvalue weighted by Crippen LogP contribution is 2.41. The molecule has 0 saturated carbocycles.